The molecule has 1 aromatic rings. The maximum atomic E-state index is 12.4. The fraction of sp³-hybridized carbons (Fsp3) is 0.667. The molecule has 0 unspecified atom stereocenters. The lowest BCUT2D eigenvalue weighted by Gasteiger charge is -2.35. The van der Waals surface area contributed by atoms with Crippen molar-refractivity contribution in [3.8, 4) is 0 Å². The molecule has 0 saturated carbocycles. The Morgan fingerprint density at radius 1 is 1.35 bits per heavy atom. The third-order valence-electron chi connectivity index (χ3n) is 3.71. The molecule has 1 amide bonds. The van der Waals surface area contributed by atoms with E-state index in [9.17, 15) is 4.79 Å². The van der Waals surface area contributed by atoms with Crippen LogP contribution in [-0.4, -0.2) is 39.1 Å². The molecule has 1 atom stereocenters. The van der Waals surface area contributed by atoms with Crippen molar-refractivity contribution >= 4 is 17.7 Å². The van der Waals surface area contributed by atoms with Crippen molar-refractivity contribution in [2.24, 2.45) is 0 Å². The van der Waals surface area contributed by atoms with Crippen LogP contribution in [0.25, 0.3) is 0 Å². The van der Waals surface area contributed by atoms with Gasteiger partial charge in [0.2, 0.25) is 5.91 Å². The van der Waals surface area contributed by atoms with Crippen molar-refractivity contribution in [2.75, 3.05) is 12.3 Å². The first kappa shape index (κ1) is 15.3. The zero-order valence-electron chi connectivity index (χ0n) is 12.6. The lowest BCUT2D eigenvalue weighted by Crippen LogP contribution is -2.44. The number of hydrogen-bond donors (Lipinski definition) is 0. The molecule has 1 aliphatic heterocycles. The summed E-state index contributed by atoms with van der Waals surface area (Å²) in [4.78, 5) is 23.2. The van der Waals surface area contributed by atoms with Gasteiger partial charge in [-0.25, -0.2) is 9.97 Å². The minimum atomic E-state index is 0.226. The van der Waals surface area contributed by atoms with Gasteiger partial charge in [0.05, 0.1) is 5.75 Å². The van der Waals surface area contributed by atoms with Gasteiger partial charge in [0.25, 0.3) is 0 Å². The third-order valence-corrected chi connectivity index (χ3v) is 4.54. The summed E-state index contributed by atoms with van der Waals surface area (Å²) in [6.07, 6.45) is 4.58. The van der Waals surface area contributed by atoms with E-state index in [2.05, 4.69) is 21.8 Å². The molecule has 1 aromatic heterocycles. The summed E-state index contributed by atoms with van der Waals surface area (Å²) in [6.45, 7) is 6.98. The van der Waals surface area contributed by atoms with E-state index in [0.29, 0.717) is 17.0 Å². The summed E-state index contributed by atoms with van der Waals surface area (Å²) in [5, 5.41) is 0.709. The number of thioether (sulfide) groups is 1. The molecule has 110 valence electrons. The highest BCUT2D eigenvalue weighted by Crippen LogP contribution is 2.22. The highest BCUT2D eigenvalue weighted by atomic mass is 32.2. The van der Waals surface area contributed by atoms with Crippen molar-refractivity contribution in [3.05, 3.63) is 17.5 Å². The molecular formula is C15H23N3OS. The monoisotopic (exact) mass is 293 g/mol. The van der Waals surface area contributed by atoms with E-state index in [0.717, 1.165) is 37.2 Å². The Hall–Kier alpha value is -1.10. The maximum Gasteiger partial charge on any atom is 0.233 e. The van der Waals surface area contributed by atoms with E-state index in [1.165, 1.54) is 18.2 Å². The van der Waals surface area contributed by atoms with E-state index >= 15 is 0 Å². The number of carbonyl (C=O) groups is 1. The largest absolute Gasteiger partial charge is 0.339 e. The average molecular weight is 293 g/mol. The first-order valence-corrected chi connectivity index (χ1v) is 8.33. The van der Waals surface area contributed by atoms with Crippen molar-refractivity contribution < 1.29 is 4.79 Å². The van der Waals surface area contributed by atoms with Crippen LogP contribution in [0.4, 0.5) is 0 Å². The number of aromatic nitrogens is 2. The summed E-state index contributed by atoms with van der Waals surface area (Å²) < 4.78 is 0. The minimum absolute atomic E-state index is 0.226. The molecule has 1 saturated heterocycles. The Morgan fingerprint density at radius 3 is 2.70 bits per heavy atom. The summed E-state index contributed by atoms with van der Waals surface area (Å²) in [7, 11) is 0. The Morgan fingerprint density at radius 2 is 2.05 bits per heavy atom. The standard InChI is InChI=1S/C15H23N3OS/c1-4-13-7-5-6-8-18(13)14(19)10-20-15-16-11(2)9-12(3)17-15/h9,13H,4-8,10H2,1-3H3/t13-/m1/s1. The highest BCUT2D eigenvalue weighted by molar-refractivity contribution is 7.99. The van der Waals surface area contributed by atoms with E-state index in [4.69, 9.17) is 0 Å². The molecule has 2 heterocycles. The molecule has 5 heteroatoms. The van der Waals surface area contributed by atoms with Crippen LogP contribution in [0.1, 0.15) is 44.0 Å². The minimum Gasteiger partial charge on any atom is -0.339 e. The predicted octanol–water partition coefficient (Wildman–Crippen LogP) is 2.98. The second-order valence-corrected chi connectivity index (χ2v) is 6.31. The second-order valence-electron chi connectivity index (χ2n) is 5.37. The zero-order chi connectivity index (χ0) is 14.5. The van der Waals surface area contributed by atoms with E-state index in [1.54, 1.807) is 0 Å². The number of carbonyl (C=O) groups excluding carboxylic acids is 1. The van der Waals surface area contributed by atoms with Crippen LogP contribution in [0.5, 0.6) is 0 Å². The number of rotatable bonds is 4. The number of hydrogen-bond acceptors (Lipinski definition) is 4. The number of likely N-dealkylation sites (tertiary alicyclic amines) is 1. The SMILES string of the molecule is CC[C@@H]1CCCCN1C(=O)CSc1nc(C)cc(C)n1. The molecule has 0 aliphatic carbocycles. The quantitative estimate of drug-likeness (QED) is 0.632. The van der Waals surface area contributed by atoms with Crippen molar-refractivity contribution in [2.45, 2.75) is 57.7 Å². The van der Waals surface area contributed by atoms with Gasteiger partial charge in [-0.05, 0) is 45.6 Å². The molecule has 20 heavy (non-hydrogen) atoms. The Labute approximate surface area is 125 Å². The van der Waals surface area contributed by atoms with E-state index in [1.807, 2.05) is 19.9 Å². The number of amides is 1. The smallest absolute Gasteiger partial charge is 0.233 e. The first-order valence-electron chi connectivity index (χ1n) is 7.34. The zero-order valence-corrected chi connectivity index (χ0v) is 13.4. The Kier molecular flexibility index (Phi) is 5.40. The molecule has 1 fully saturated rings. The van der Waals surface area contributed by atoms with E-state index in [-0.39, 0.29) is 5.91 Å². The predicted molar refractivity (Wildman–Crippen MR) is 81.9 cm³/mol. The van der Waals surface area contributed by atoms with Crippen LogP contribution in [0, 0.1) is 13.8 Å². The Bertz CT molecular complexity index is 458. The highest BCUT2D eigenvalue weighted by Gasteiger charge is 2.25. The molecular weight excluding hydrogens is 270 g/mol. The molecule has 1 aliphatic rings. The lowest BCUT2D eigenvalue weighted by atomic mass is 10.0. The third kappa shape index (κ3) is 3.95. The summed E-state index contributed by atoms with van der Waals surface area (Å²) in [6, 6.07) is 2.38. The van der Waals surface area contributed by atoms with Crippen LogP contribution < -0.4 is 0 Å². The number of nitrogens with zero attached hydrogens (tertiary/aromatic N) is 3. The molecule has 0 spiro atoms. The summed E-state index contributed by atoms with van der Waals surface area (Å²) >= 11 is 1.45. The first-order chi connectivity index (χ1) is 9.60. The van der Waals surface area contributed by atoms with Crippen LogP contribution in [0.2, 0.25) is 0 Å². The van der Waals surface area contributed by atoms with Gasteiger partial charge < -0.3 is 4.90 Å². The average Bonchev–Trinajstić information content (AvgIpc) is 2.43. The molecule has 0 radical (unpaired) electrons. The fourth-order valence-corrected chi connectivity index (χ4v) is 3.56. The van der Waals surface area contributed by atoms with Crippen molar-refractivity contribution in [3.63, 3.8) is 0 Å². The van der Waals surface area contributed by atoms with Gasteiger partial charge >= 0.3 is 0 Å². The van der Waals surface area contributed by atoms with Crippen LogP contribution in [-0.2, 0) is 4.79 Å². The van der Waals surface area contributed by atoms with Gasteiger partial charge in [0, 0.05) is 24.0 Å². The number of aryl methyl sites for hydroxylation is 2. The van der Waals surface area contributed by atoms with Gasteiger partial charge in [-0.3, -0.25) is 4.79 Å². The van der Waals surface area contributed by atoms with Gasteiger partial charge in [0.1, 0.15) is 0 Å². The van der Waals surface area contributed by atoms with Gasteiger partial charge in [-0.2, -0.15) is 0 Å². The summed E-state index contributed by atoms with van der Waals surface area (Å²) in [5.41, 5.74) is 1.91. The Balaban J connectivity index is 1.94. The van der Waals surface area contributed by atoms with Crippen LogP contribution in [0.3, 0.4) is 0 Å². The maximum absolute atomic E-state index is 12.4. The van der Waals surface area contributed by atoms with E-state index < -0.39 is 0 Å². The number of piperidine rings is 1. The fourth-order valence-electron chi connectivity index (χ4n) is 2.72. The molecule has 2 rings (SSSR count). The second kappa shape index (κ2) is 7.07. The topological polar surface area (TPSA) is 46.1 Å². The van der Waals surface area contributed by atoms with Crippen LogP contribution in [0.15, 0.2) is 11.2 Å². The van der Waals surface area contributed by atoms with Gasteiger partial charge in [0.15, 0.2) is 5.16 Å². The van der Waals surface area contributed by atoms with Gasteiger partial charge in [-0.1, -0.05) is 18.7 Å². The summed E-state index contributed by atoms with van der Waals surface area (Å²) in [5.74, 6) is 0.670. The molecule has 0 N–H and O–H groups in total. The lowest BCUT2D eigenvalue weighted by molar-refractivity contribution is -0.132. The molecule has 0 bridgehead atoms. The van der Waals surface area contributed by atoms with Crippen molar-refractivity contribution in [1.29, 1.82) is 0 Å². The van der Waals surface area contributed by atoms with Gasteiger partial charge in [-0.15, -0.1) is 0 Å². The molecule has 0 aromatic carbocycles. The molecule has 4 nitrogen and oxygen atoms in total. The normalized spacial score (nSPS) is 19.1. The van der Waals surface area contributed by atoms with Crippen molar-refractivity contribution in [1.82, 2.24) is 14.9 Å². The van der Waals surface area contributed by atoms with Crippen LogP contribution >= 0.6 is 11.8 Å².